The van der Waals surface area contributed by atoms with Gasteiger partial charge in [0.2, 0.25) is 17.7 Å². The fraction of sp³-hybridized carbons (Fsp3) is 0.654. The van der Waals surface area contributed by atoms with E-state index in [-0.39, 0.29) is 18.2 Å². The van der Waals surface area contributed by atoms with Crippen molar-refractivity contribution >= 4 is 17.7 Å². The second-order valence-electron chi connectivity index (χ2n) is 9.80. The van der Waals surface area contributed by atoms with Gasteiger partial charge in [0, 0.05) is 19.4 Å². The Morgan fingerprint density at radius 2 is 1.68 bits per heavy atom. The van der Waals surface area contributed by atoms with Crippen molar-refractivity contribution in [2.75, 3.05) is 13.7 Å². The monoisotopic (exact) mass is 477 g/mol. The normalized spacial score (nSPS) is 13.0. The molecule has 8 heteroatoms. The predicted molar refractivity (Wildman–Crippen MR) is 133 cm³/mol. The average Bonchev–Trinajstić information content (AvgIpc) is 2.81. The van der Waals surface area contributed by atoms with Crippen molar-refractivity contribution in [3.05, 3.63) is 29.8 Å². The molecule has 8 nitrogen and oxygen atoms in total. The lowest BCUT2D eigenvalue weighted by atomic mass is 9.85. The van der Waals surface area contributed by atoms with Crippen molar-refractivity contribution < 1.29 is 24.3 Å². The average molecular weight is 478 g/mol. The third-order valence-electron chi connectivity index (χ3n) is 5.80. The number of nitrogens with one attached hydrogen (secondary N) is 3. The molecule has 1 aromatic rings. The Hall–Kier alpha value is -2.61. The lowest BCUT2D eigenvalue weighted by Crippen LogP contribution is -2.54. The summed E-state index contributed by atoms with van der Waals surface area (Å²) in [6.45, 7) is 8.27. The Labute approximate surface area is 204 Å². The maximum atomic E-state index is 12.9. The molecule has 0 saturated carbocycles. The molecule has 3 amide bonds. The largest absolute Gasteiger partial charge is 0.494 e. The van der Waals surface area contributed by atoms with Gasteiger partial charge in [-0.1, -0.05) is 52.7 Å². The van der Waals surface area contributed by atoms with Gasteiger partial charge < -0.3 is 15.4 Å². The summed E-state index contributed by atoms with van der Waals surface area (Å²) in [5.74, 6) is -1.17. The van der Waals surface area contributed by atoms with Gasteiger partial charge in [-0.3, -0.25) is 19.6 Å². The zero-order valence-corrected chi connectivity index (χ0v) is 21.4. The van der Waals surface area contributed by atoms with E-state index >= 15 is 0 Å². The number of unbranched alkanes of at least 4 members (excludes halogenated alkanes) is 3. The van der Waals surface area contributed by atoms with Gasteiger partial charge in [-0.25, -0.2) is 5.48 Å². The molecule has 0 unspecified atom stereocenters. The molecule has 0 spiro atoms. The van der Waals surface area contributed by atoms with Crippen LogP contribution in [0.15, 0.2) is 24.3 Å². The van der Waals surface area contributed by atoms with Crippen LogP contribution < -0.4 is 20.9 Å². The molecule has 0 aromatic heterocycles. The van der Waals surface area contributed by atoms with Crippen LogP contribution in [0, 0.1) is 11.3 Å². The topological polar surface area (TPSA) is 117 Å². The van der Waals surface area contributed by atoms with Crippen LogP contribution in [0.25, 0.3) is 0 Å². The van der Waals surface area contributed by atoms with Gasteiger partial charge in [0.05, 0.1) is 6.61 Å². The van der Waals surface area contributed by atoms with Gasteiger partial charge in [0.1, 0.15) is 11.8 Å². The number of benzene rings is 1. The highest BCUT2D eigenvalue weighted by Crippen LogP contribution is 2.22. The van der Waals surface area contributed by atoms with Crippen LogP contribution in [0.3, 0.4) is 0 Å². The summed E-state index contributed by atoms with van der Waals surface area (Å²) in [6.07, 6.45) is 6.36. The van der Waals surface area contributed by atoms with Crippen LogP contribution in [0.5, 0.6) is 5.75 Å². The molecular formula is C26H43N3O5. The number of aryl methyl sites for hydroxylation is 1. The van der Waals surface area contributed by atoms with Crippen molar-refractivity contribution in [1.82, 2.24) is 16.1 Å². The zero-order valence-electron chi connectivity index (χ0n) is 21.4. The highest BCUT2D eigenvalue weighted by molar-refractivity contribution is 5.90. The predicted octanol–water partition coefficient (Wildman–Crippen LogP) is 3.76. The molecule has 0 fully saturated rings. The minimum Gasteiger partial charge on any atom is -0.494 e. The fourth-order valence-corrected chi connectivity index (χ4v) is 3.69. The number of ether oxygens (including phenoxy) is 1. The van der Waals surface area contributed by atoms with Gasteiger partial charge in [-0.05, 0) is 55.2 Å². The molecule has 0 aliphatic rings. The maximum Gasteiger partial charge on any atom is 0.244 e. The van der Waals surface area contributed by atoms with E-state index in [0.29, 0.717) is 25.9 Å². The van der Waals surface area contributed by atoms with Gasteiger partial charge in [-0.15, -0.1) is 0 Å². The highest BCUT2D eigenvalue weighted by Gasteiger charge is 2.34. The van der Waals surface area contributed by atoms with E-state index in [1.807, 2.05) is 32.9 Å². The van der Waals surface area contributed by atoms with E-state index < -0.39 is 23.3 Å². The first kappa shape index (κ1) is 29.4. The van der Waals surface area contributed by atoms with Gasteiger partial charge in [0.25, 0.3) is 0 Å². The molecule has 0 aliphatic heterocycles. The Kier molecular flexibility index (Phi) is 13.3. The van der Waals surface area contributed by atoms with Crippen molar-refractivity contribution in [3.63, 3.8) is 0 Å². The molecule has 0 radical (unpaired) electrons. The number of hydrogen-bond donors (Lipinski definition) is 4. The first-order chi connectivity index (χ1) is 16.1. The van der Waals surface area contributed by atoms with Crippen LogP contribution in [0.4, 0.5) is 0 Å². The summed E-state index contributed by atoms with van der Waals surface area (Å²) in [6, 6.07) is 7.41. The summed E-state index contributed by atoms with van der Waals surface area (Å²) in [5, 5.41) is 14.3. The minimum atomic E-state index is -0.738. The first-order valence-electron chi connectivity index (χ1n) is 12.3. The van der Waals surface area contributed by atoms with Crippen molar-refractivity contribution in [1.29, 1.82) is 0 Å². The molecule has 0 aliphatic carbocycles. The number of carbonyl (C=O) groups excluding carboxylic acids is 3. The van der Waals surface area contributed by atoms with E-state index in [2.05, 4.69) is 29.7 Å². The Morgan fingerprint density at radius 3 is 2.24 bits per heavy atom. The second-order valence-corrected chi connectivity index (χ2v) is 9.80. The van der Waals surface area contributed by atoms with Gasteiger partial charge in [-0.2, -0.15) is 0 Å². The fourth-order valence-electron chi connectivity index (χ4n) is 3.69. The molecule has 2 atom stereocenters. The summed E-state index contributed by atoms with van der Waals surface area (Å²) < 4.78 is 5.81. The molecule has 1 rings (SSSR count). The molecule has 192 valence electrons. The lowest BCUT2D eigenvalue weighted by Gasteiger charge is -2.31. The van der Waals surface area contributed by atoms with E-state index in [9.17, 15) is 14.4 Å². The zero-order chi connectivity index (χ0) is 25.6. The number of rotatable bonds is 15. The summed E-state index contributed by atoms with van der Waals surface area (Å²) in [4.78, 5) is 36.9. The summed E-state index contributed by atoms with van der Waals surface area (Å²) in [7, 11) is 1.52. The molecule has 4 N–H and O–H groups in total. The Bertz CT molecular complexity index is 759. The van der Waals surface area contributed by atoms with E-state index in [1.165, 1.54) is 31.9 Å². The van der Waals surface area contributed by atoms with Crippen molar-refractivity contribution in [3.8, 4) is 5.75 Å². The minimum absolute atomic E-state index is 0.159. The Morgan fingerprint density at radius 1 is 1.00 bits per heavy atom. The highest BCUT2D eigenvalue weighted by atomic mass is 16.5. The second kappa shape index (κ2) is 15.3. The molecular weight excluding hydrogens is 434 g/mol. The number of likely N-dealkylation sites (N-methyl/N-ethyl adjacent to an activating group) is 1. The number of hydrogen-bond acceptors (Lipinski definition) is 5. The van der Waals surface area contributed by atoms with Crippen LogP contribution >= 0.6 is 0 Å². The van der Waals surface area contributed by atoms with Crippen LogP contribution in [0.1, 0.15) is 78.2 Å². The molecule has 0 saturated heterocycles. The van der Waals surface area contributed by atoms with E-state index in [0.717, 1.165) is 12.2 Å². The first-order valence-corrected chi connectivity index (χ1v) is 12.3. The molecule has 34 heavy (non-hydrogen) atoms. The third-order valence-corrected chi connectivity index (χ3v) is 5.80. The van der Waals surface area contributed by atoms with E-state index in [4.69, 9.17) is 9.94 Å². The SMILES string of the molecule is CCCCCc1ccc(OCCCC[C@@H](CC(=O)NO)C(=O)N[C@H](C(=O)NC)C(C)(C)C)cc1. The van der Waals surface area contributed by atoms with Crippen LogP contribution in [-0.4, -0.2) is 42.6 Å². The molecule has 0 heterocycles. The Balaban J connectivity index is 2.57. The molecule has 0 bridgehead atoms. The number of amides is 3. The van der Waals surface area contributed by atoms with E-state index in [1.54, 1.807) is 5.48 Å². The van der Waals surface area contributed by atoms with Crippen molar-refractivity contribution in [2.45, 2.75) is 85.1 Å². The third kappa shape index (κ3) is 11.0. The summed E-state index contributed by atoms with van der Waals surface area (Å²) in [5.41, 5.74) is 2.39. The quantitative estimate of drug-likeness (QED) is 0.174. The standard InChI is InChI=1S/C26H43N3O5/c1-6-7-8-11-19-13-15-21(16-14-19)34-17-10-9-12-20(18-22(30)29-33)24(31)28-23(25(32)27-5)26(2,3)4/h13-16,20,23,33H,6-12,17-18H2,1-5H3,(H,27,32)(H,28,31)(H,29,30)/t20-,23+/m0/s1. The maximum absolute atomic E-state index is 12.9. The number of carbonyl (C=O) groups is 3. The number of hydroxylamine groups is 1. The van der Waals surface area contributed by atoms with Gasteiger partial charge in [0.15, 0.2) is 0 Å². The smallest absolute Gasteiger partial charge is 0.244 e. The summed E-state index contributed by atoms with van der Waals surface area (Å²) >= 11 is 0. The van der Waals surface area contributed by atoms with Crippen LogP contribution in [-0.2, 0) is 20.8 Å². The van der Waals surface area contributed by atoms with Gasteiger partial charge >= 0.3 is 0 Å². The lowest BCUT2D eigenvalue weighted by molar-refractivity contribution is -0.137. The van der Waals surface area contributed by atoms with Crippen molar-refractivity contribution in [2.24, 2.45) is 11.3 Å². The molecule has 1 aromatic carbocycles. The van der Waals surface area contributed by atoms with Crippen LogP contribution in [0.2, 0.25) is 0 Å².